The monoisotopic (exact) mass is 262 g/mol. The lowest BCUT2D eigenvalue weighted by Gasteiger charge is -2.19. The Labute approximate surface area is 117 Å². The fourth-order valence-electron chi connectivity index (χ4n) is 2.31. The van der Waals surface area contributed by atoms with Crippen molar-refractivity contribution >= 4 is 0 Å². The maximum atomic E-state index is 12.1. The van der Waals surface area contributed by atoms with Crippen LogP contribution in [0.25, 0.3) is 0 Å². The molecule has 2 aromatic carbocycles. The quantitative estimate of drug-likeness (QED) is 0.727. The molecule has 0 aliphatic carbocycles. The van der Waals surface area contributed by atoms with E-state index in [1.54, 1.807) is 12.3 Å². The van der Waals surface area contributed by atoms with Crippen molar-refractivity contribution < 1.29 is 0 Å². The summed E-state index contributed by atoms with van der Waals surface area (Å²) in [6.45, 7) is 0. The van der Waals surface area contributed by atoms with E-state index in [2.05, 4.69) is 5.10 Å². The lowest BCUT2D eigenvalue weighted by molar-refractivity contribution is 0.559. The predicted molar refractivity (Wildman–Crippen MR) is 78.6 cm³/mol. The van der Waals surface area contributed by atoms with Crippen molar-refractivity contribution in [2.45, 2.75) is 6.04 Å². The number of aromatic nitrogens is 2. The Hall–Kier alpha value is -2.68. The summed E-state index contributed by atoms with van der Waals surface area (Å²) >= 11 is 0. The molecule has 1 heterocycles. The lowest BCUT2D eigenvalue weighted by atomic mass is 9.99. The molecule has 0 bridgehead atoms. The van der Waals surface area contributed by atoms with Crippen LogP contribution in [-0.4, -0.2) is 9.78 Å². The minimum atomic E-state index is -0.203. The number of rotatable bonds is 3. The molecule has 0 atom stereocenters. The van der Waals surface area contributed by atoms with Gasteiger partial charge in [-0.1, -0.05) is 60.7 Å². The van der Waals surface area contributed by atoms with Crippen LogP contribution in [0.3, 0.4) is 0 Å². The van der Waals surface area contributed by atoms with E-state index in [-0.39, 0.29) is 11.6 Å². The molecule has 0 aliphatic rings. The minimum Gasteiger partial charge on any atom is -0.268 e. The number of hydrogen-bond acceptors (Lipinski definition) is 2. The molecule has 98 valence electrons. The summed E-state index contributed by atoms with van der Waals surface area (Å²) in [6, 6.07) is 22.9. The summed E-state index contributed by atoms with van der Waals surface area (Å²) in [7, 11) is 0. The Balaban J connectivity index is 2.20. The molecule has 0 radical (unpaired) electrons. The van der Waals surface area contributed by atoms with Crippen LogP contribution < -0.4 is 5.56 Å². The average Bonchev–Trinajstić information content (AvgIpc) is 2.52. The highest BCUT2D eigenvalue weighted by molar-refractivity contribution is 5.32. The van der Waals surface area contributed by atoms with E-state index in [4.69, 9.17) is 0 Å². The number of hydrogen-bond donors (Lipinski definition) is 0. The molecule has 3 nitrogen and oxygen atoms in total. The van der Waals surface area contributed by atoms with Gasteiger partial charge in [0.2, 0.25) is 0 Å². The van der Waals surface area contributed by atoms with E-state index in [1.165, 1.54) is 10.7 Å². The van der Waals surface area contributed by atoms with Crippen LogP contribution in [0.5, 0.6) is 0 Å². The standard InChI is InChI=1S/C17H14N2O/c20-16-12-7-13-18-19(16)17(14-8-3-1-4-9-14)15-10-5-2-6-11-15/h1-13,17H. The summed E-state index contributed by atoms with van der Waals surface area (Å²) in [5.41, 5.74) is 1.98. The highest BCUT2D eigenvalue weighted by Gasteiger charge is 2.17. The van der Waals surface area contributed by atoms with Crippen LogP contribution in [0.2, 0.25) is 0 Å². The molecular weight excluding hydrogens is 248 g/mol. The zero-order chi connectivity index (χ0) is 13.8. The summed E-state index contributed by atoms with van der Waals surface area (Å²) in [4.78, 5) is 12.1. The highest BCUT2D eigenvalue weighted by Crippen LogP contribution is 2.24. The molecular formula is C17H14N2O. The van der Waals surface area contributed by atoms with E-state index < -0.39 is 0 Å². The fourth-order valence-corrected chi connectivity index (χ4v) is 2.31. The molecule has 0 unspecified atom stereocenters. The van der Waals surface area contributed by atoms with Gasteiger partial charge in [-0.25, -0.2) is 4.68 Å². The summed E-state index contributed by atoms with van der Waals surface area (Å²) in [6.07, 6.45) is 1.64. The molecule has 0 fully saturated rings. The molecule has 0 saturated heterocycles. The zero-order valence-corrected chi connectivity index (χ0v) is 10.9. The second-order valence-corrected chi connectivity index (χ2v) is 4.53. The molecule has 1 aromatic heterocycles. The van der Waals surface area contributed by atoms with Crippen LogP contribution in [0.4, 0.5) is 0 Å². The SMILES string of the molecule is O=c1cccnn1C(c1ccccc1)c1ccccc1. The van der Waals surface area contributed by atoms with E-state index in [1.807, 2.05) is 60.7 Å². The third-order valence-electron chi connectivity index (χ3n) is 3.22. The van der Waals surface area contributed by atoms with E-state index >= 15 is 0 Å². The van der Waals surface area contributed by atoms with Gasteiger partial charge in [0.25, 0.3) is 5.56 Å². The van der Waals surface area contributed by atoms with Crippen molar-refractivity contribution in [3.05, 3.63) is 100 Å². The first kappa shape index (κ1) is 12.4. The van der Waals surface area contributed by atoms with Crippen LogP contribution in [-0.2, 0) is 0 Å². The van der Waals surface area contributed by atoms with Gasteiger partial charge in [0, 0.05) is 12.3 Å². The van der Waals surface area contributed by atoms with E-state index in [9.17, 15) is 4.79 Å². The van der Waals surface area contributed by atoms with Gasteiger partial charge in [0.05, 0.1) is 0 Å². The van der Waals surface area contributed by atoms with Gasteiger partial charge in [-0.05, 0) is 17.2 Å². The predicted octanol–water partition coefficient (Wildman–Crippen LogP) is 2.88. The highest BCUT2D eigenvalue weighted by atomic mass is 16.1. The normalized spacial score (nSPS) is 10.7. The van der Waals surface area contributed by atoms with Crippen LogP contribution in [0, 0.1) is 0 Å². The van der Waals surface area contributed by atoms with E-state index in [0.29, 0.717) is 0 Å². The first-order chi connectivity index (χ1) is 9.86. The smallest absolute Gasteiger partial charge is 0.267 e. The van der Waals surface area contributed by atoms with Gasteiger partial charge in [-0.15, -0.1) is 0 Å². The van der Waals surface area contributed by atoms with Crippen LogP contribution >= 0.6 is 0 Å². The Kier molecular flexibility index (Phi) is 3.42. The summed E-state index contributed by atoms with van der Waals surface area (Å²) in [5.74, 6) is 0. The largest absolute Gasteiger partial charge is 0.268 e. The molecule has 0 spiro atoms. The Morgan fingerprint density at radius 2 is 1.30 bits per heavy atom. The first-order valence-corrected chi connectivity index (χ1v) is 6.50. The Morgan fingerprint density at radius 1 is 0.750 bits per heavy atom. The van der Waals surface area contributed by atoms with Gasteiger partial charge < -0.3 is 0 Å². The third kappa shape index (κ3) is 2.38. The van der Waals surface area contributed by atoms with E-state index in [0.717, 1.165) is 11.1 Å². The van der Waals surface area contributed by atoms with Gasteiger partial charge in [0.15, 0.2) is 0 Å². The van der Waals surface area contributed by atoms with Gasteiger partial charge in [-0.2, -0.15) is 5.10 Å². The molecule has 0 saturated carbocycles. The Morgan fingerprint density at radius 3 is 1.80 bits per heavy atom. The van der Waals surface area contributed by atoms with Crippen molar-refractivity contribution in [1.82, 2.24) is 9.78 Å². The summed E-state index contributed by atoms with van der Waals surface area (Å²) in [5, 5.41) is 4.24. The van der Waals surface area contributed by atoms with Crippen LogP contribution in [0.1, 0.15) is 17.2 Å². The van der Waals surface area contributed by atoms with Crippen LogP contribution in [0.15, 0.2) is 83.8 Å². The fraction of sp³-hybridized carbons (Fsp3) is 0.0588. The Bertz CT molecular complexity index is 696. The van der Waals surface area contributed by atoms with Crippen molar-refractivity contribution in [2.75, 3.05) is 0 Å². The molecule has 3 heteroatoms. The van der Waals surface area contributed by atoms with Crippen molar-refractivity contribution in [2.24, 2.45) is 0 Å². The minimum absolute atomic E-state index is 0.106. The molecule has 0 aliphatic heterocycles. The average molecular weight is 262 g/mol. The number of nitrogens with zero attached hydrogens (tertiary/aromatic N) is 2. The maximum absolute atomic E-state index is 12.1. The van der Waals surface area contributed by atoms with Gasteiger partial charge >= 0.3 is 0 Å². The van der Waals surface area contributed by atoms with Gasteiger partial charge in [0.1, 0.15) is 6.04 Å². The first-order valence-electron chi connectivity index (χ1n) is 6.50. The van der Waals surface area contributed by atoms with Crippen molar-refractivity contribution in [3.8, 4) is 0 Å². The van der Waals surface area contributed by atoms with Crippen molar-refractivity contribution in [3.63, 3.8) is 0 Å². The second-order valence-electron chi connectivity index (χ2n) is 4.53. The number of benzene rings is 2. The lowest BCUT2D eigenvalue weighted by Crippen LogP contribution is -2.27. The molecule has 0 amide bonds. The topological polar surface area (TPSA) is 34.9 Å². The van der Waals surface area contributed by atoms with Crippen molar-refractivity contribution in [1.29, 1.82) is 0 Å². The molecule has 20 heavy (non-hydrogen) atoms. The zero-order valence-electron chi connectivity index (χ0n) is 10.9. The second kappa shape index (κ2) is 5.53. The molecule has 0 N–H and O–H groups in total. The molecule has 3 rings (SSSR count). The van der Waals surface area contributed by atoms with Gasteiger partial charge in [-0.3, -0.25) is 4.79 Å². The summed E-state index contributed by atoms with van der Waals surface area (Å²) < 4.78 is 1.52. The third-order valence-corrected chi connectivity index (χ3v) is 3.22. The molecule has 3 aromatic rings. The maximum Gasteiger partial charge on any atom is 0.267 e.